The van der Waals surface area contributed by atoms with Crippen molar-refractivity contribution in [3.63, 3.8) is 0 Å². The van der Waals surface area contributed by atoms with Crippen LogP contribution < -0.4 is 5.73 Å². The van der Waals surface area contributed by atoms with Crippen LogP contribution in [-0.4, -0.2) is 36.7 Å². The summed E-state index contributed by atoms with van der Waals surface area (Å²) in [5, 5.41) is 0. The number of hydrogen-bond donors (Lipinski definition) is 1. The SMILES string of the molecule is COCCN(Cc1nc2cc(N)ccc2o1)CC(C)C. The van der Waals surface area contributed by atoms with E-state index in [0.717, 1.165) is 30.1 Å². The topological polar surface area (TPSA) is 64.5 Å². The molecule has 0 unspecified atom stereocenters. The zero-order valence-corrected chi connectivity index (χ0v) is 12.4. The minimum atomic E-state index is 0.590. The smallest absolute Gasteiger partial charge is 0.209 e. The first-order valence-corrected chi connectivity index (χ1v) is 6.94. The molecule has 2 aromatic rings. The Morgan fingerprint density at radius 3 is 2.90 bits per heavy atom. The Balaban J connectivity index is 2.10. The van der Waals surface area contributed by atoms with Crippen LogP contribution in [0.15, 0.2) is 22.6 Å². The molecule has 20 heavy (non-hydrogen) atoms. The van der Waals surface area contributed by atoms with Crippen molar-refractivity contribution in [2.75, 3.05) is 32.5 Å². The van der Waals surface area contributed by atoms with Gasteiger partial charge in [0.15, 0.2) is 5.58 Å². The van der Waals surface area contributed by atoms with Gasteiger partial charge in [-0.1, -0.05) is 13.8 Å². The maximum absolute atomic E-state index is 5.77. The van der Waals surface area contributed by atoms with Crippen LogP contribution in [-0.2, 0) is 11.3 Å². The molecule has 5 heteroatoms. The minimum absolute atomic E-state index is 0.590. The highest BCUT2D eigenvalue weighted by molar-refractivity contribution is 5.76. The minimum Gasteiger partial charge on any atom is -0.439 e. The first-order valence-electron chi connectivity index (χ1n) is 6.94. The van der Waals surface area contributed by atoms with E-state index in [1.165, 1.54) is 0 Å². The van der Waals surface area contributed by atoms with Crippen LogP contribution in [0.5, 0.6) is 0 Å². The van der Waals surface area contributed by atoms with Crippen LogP contribution in [0.4, 0.5) is 5.69 Å². The number of nitrogen functional groups attached to an aromatic ring is 1. The number of fused-ring (bicyclic) bond motifs is 1. The first kappa shape index (κ1) is 14.8. The van der Waals surface area contributed by atoms with Gasteiger partial charge in [-0.2, -0.15) is 0 Å². The summed E-state index contributed by atoms with van der Waals surface area (Å²) in [4.78, 5) is 6.79. The summed E-state index contributed by atoms with van der Waals surface area (Å²) < 4.78 is 10.9. The number of anilines is 1. The standard InChI is InChI=1S/C15H23N3O2/c1-11(2)9-18(6-7-19-3)10-15-17-13-8-12(16)4-5-14(13)20-15/h4-5,8,11H,6-7,9-10,16H2,1-3H3. The summed E-state index contributed by atoms with van der Waals surface area (Å²) in [7, 11) is 1.72. The van der Waals surface area contributed by atoms with E-state index in [9.17, 15) is 0 Å². The Morgan fingerprint density at radius 1 is 1.40 bits per heavy atom. The van der Waals surface area contributed by atoms with Gasteiger partial charge in [0.05, 0.1) is 13.2 Å². The molecule has 1 heterocycles. The Bertz CT molecular complexity index is 551. The number of aromatic nitrogens is 1. The third-order valence-corrected chi connectivity index (χ3v) is 3.05. The number of benzene rings is 1. The van der Waals surface area contributed by atoms with Gasteiger partial charge in [-0.3, -0.25) is 4.90 Å². The van der Waals surface area contributed by atoms with Gasteiger partial charge in [0.1, 0.15) is 5.52 Å². The Morgan fingerprint density at radius 2 is 2.20 bits per heavy atom. The monoisotopic (exact) mass is 277 g/mol. The molecule has 1 aromatic carbocycles. The molecular weight excluding hydrogens is 254 g/mol. The molecule has 1 aromatic heterocycles. The van der Waals surface area contributed by atoms with Gasteiger partial charge >= 0.3 is 0 Å². The van der Waals surface area contributed by atoms with E-state index in [0.29, 0.717) is 24.8 Å². The average Bonchev–Trinajstić information content (AvgIpc) is 2.76. The number of rotatable bonds is 7. The van der Waals surface area contributed by atoms with Crippen LogP contribution in [0.2, 0.25) is 0 Å². The molecule has 2 N–H and O–H groups in total. The molecule has 2 rings (SSSR count). The van der Waals surface area contributed by atoms with E-state index >= 15 is 0 Å². The van der Waals surface area contributed by atoms with E-state index < -0.39 is 0 Å². The van der Waals surface area contributed by atoms with Crippen LogP contribution in [0.3, 0.4) is 0 Å². The maximum Gasteiger partial charge on any atom is 0.209 e. The summed E-state index contributed by atoms with van der Waals surface area (Å²) in [6, 6.07) is 5.53. The lowest BCUT2D eigenvalue weighted by Gasteiger charge is -2.22. The number of nitrogens with two attached hydrogens (primary N) is 1. The highest BCUT2D eigenvalue weighted by atomic mass is 16.5. The zero-order valence-electron chi connectivity index (χ0n) is 12.4. The Kier molecular flexibility index (Phi) is 4.98. The van der Waals surface area contributed by atoms with Gasteiger partial charge in [-0.05, 0) is 24.1 Å². The fourth-order valence-corrected chi connectivity index (χ4v) is 2.22. The molecule has 0 saturated carbocycles. The molecule has 0 aliphatic heterocycles. The third kappa shape index (κ3) is 3.95. The largest absolute Gasteiger partial charge is 0.439 e. The van der Waals surface area contributed by atoms with E-state index in [4.69, 9.17) is 14.9 Å². The molecular formula is C15H23N3O2. The molecule has 0 amide bonds. The number of nitrogens with zero attached hydrogens (tertiary/aromatic N) is 2. The van der Waals surface area contributed by atoms with Crippen molar-refractivity contribution in [2.24, 2.45) is 5.92 Å². The first-order chi connectivity index (χ1) is 9.58. The normalized spacial score (nSPS) is 11.8. The summed E-state index contributed by atoms with van der Waals surface area (Å²) in [6.07, 6.45) is 0. The van der Waals surface area contributed by atoms with Gasteiger partial charge in [-0.15, -0.1) is 0 Å². The summed E-state index contributed by atoms with van der Waals surface area (Å²) >= 11 is 0. The van der Waals surface area contributed by atoms with Crippen LogP contribution in [0.1, 0.15) is 19.7 Å². The summed E-state index contributed by atoms with van der Waals surface area (Å²) in [5.74, 6) is 1.31. The number of hydrogen-bond acceptors (Lipinski definition) is 5. The molecule has 0 spiro atoms. The molecule has 110 valence electrons. The van der Waals surface area contributed by atoms with Gasteiger partial charge in [0.2, 0.25) is 5.89 Å². The fraction of sp³-hybridized carbons (Fsp3) is 0.533. The predicted molar refractivity (Wildman–Crippen MR) is 80.4 cm³/mol. The van der Waals surface area contributed by atoms with Crippen molar-refractivity contribution in [1.82, 2.24) is 9.88 Å². The summed E-state index contributed by atoms with van der Waals surface area (Å²) in [5.41, 5.74) is 8.06. The van der Waals surface area contributed by atoms with Crippen molar-refractivity contribution in [2.45, 2.75) is 20.4 Å². The molecule has 0 fully saturated rings. The average molecular weight is 277 g/mol. The van der Waals surface area contributed by atoms with Crippen molar-refractivity contribution in [3.05, 3.63) is 24.1 Å². The Hall–Kier alpha value is -1.59. The van der Waals surface area contributed by atoms with Crippen LogP contribution in [0, 0.1) is 5.92 Å². The van der Waals surface area contributed by atoms with E-state index in [1.807, 2.05) is 18.2 Å². The maximum atomic E-state index is 5.77. The van der Waals surface area contributed by atoms with Gasteiger partial charge in [0.25, 0.3) is 0 Å². The van der Waals surface area contributed by atoms with Crippen molar-refractivity contribution in [3.8, 4) is 0 Å². The highest BCUT2D eigenvalue weighted by Gasteiger charge is 2.13. The number of methoxy groups -OCH3 is 1. The molecule has 0 aliphatic carbocycles. The van der Waals surface area contributed by atoms with Crippen LogP contribution in [0.25, 0.3) is 11.1 Å². The van der Waals surface area contributed by atoms with Crippen molar-refractivity contribution in [1.29, 1.82) is 0 Å². The van der Waals surface area contributed by atoms with E-state index in [-0.39, 0.29) is 0 Å². The highest BCUT2D eigenvalue weighted by Crippen LogP contribution is 2.19. The van der Waals surface area contributed by atoms with Crippen molar-refractivity contribution < 1.29 is 9.15 Å². The molecule has 0 bridgehead atoms. The van der Waals surface area contributed by atoms with Gasteiger partial charge in [0, 0.05) is 25.9 Å². The molecule has 0 radical (unpaired) electrons. The third-order valence-electron chi connectivity index (χ3n) is 3.05. The van der Waals surface area contributed by atoms with E-state index in [2.05, 4.69) is 23.7 Å². The Labute approximate surface area is 119 Å². The number of oxazole rings is 1. The molecule has 5 nitrogen and oxygen atoms in total. The quantitative estimate of drug-likeness (QED) is 0.788. The van der Waals surface area contributed by atoms with Gasteiger partial charge in [-0.25, -0.2) is 4.98 Å². The summed E-state index contributed by atoms with van der Waals surface area (Å²) in [6.45, 7) is 7.66. The van der Waals surface area contributed by atoms with E-state index in [1.54, 1.807) is 7.11 Å². The second kappa shape index (κ2) is 6.72. The lowest BCUT2D eigenvalue weighted by Crippen LogP contribution is -2.30. The second-order valence-electron chi connectivity index (χ2n) is 5.46. The molecule has 0 aliphatic rings. The van der Waals surface area contributed by atoms with Crippen molar-refractivity contribution >= 4 is 16.8 Å². The lowest BCUT2D eigenvalue weighted by atomic mass is 10.2. The second-order valence-corrected chi connectivity index (χ2v) is 5.46. The molecule has 0 saturated heterocycles. The fourth-order valence-electron chi connectivity index (χ4n) is 2.22. The van der Waals surface area contributed by atoms with Crippen LogP contribution >= 0.6 is 0 Å². The van der Waals surface area contributed by atoms with Gasteiger partial charge < -0.3 is 14.9 Å². The zero-order chi connectivity index (χ0) is 14.5. The number of ether oxygens (including phenoxy) is 1. The molecule has 0 atom stereocenters. The predicted octanol–water partition coefficient (Wildman–Crippen LogP) is 2.51. The lowest BCUT2D eigenvalue weighted by molar-refractivity contribution is 0.130.